The van der Waals surface area contributed by atoms with Crippen LogP contribution in [-0.4, -0.2) is 24.3 Å². The van der Waals surface area contributed by atoms with Gasteiger partial charge in [-0.25, -0.2) is 19.9 Å². The molecule has 0 saturated carbocycles. The van der Waals surface area contributed by atoms with Gasteiger partial charge in [0, 0.05) is 38.4 Å². The van der Waals surface area contributed by atoms with E-state index in [1.807, 2.05) is 48.5 Å². The second-order valence-electron chi connectivity index (χ2n) is 13.1. The molecule has 0 radical (unpaired) electrons. The van der Waals surface area contributed by atoms with Crippen molar-refractivity contribution in [2.24, 2.45) is 0 Å². The van der Waals surface area contributed by atoms with E-state index in [2.05, 4.69) is 144 Å². The Kier molecular flexibility index (Phi) is 7.40. The first-order chi connectivity index (χ1) is 26.3. The minimum absolute atomic E-state index is 0.696. The topological polar surface area (TPSA) is 56.0 Å². The van der Waals surface area contributed by atoms with Gasteiger partial charge in [0.25, 0.3) is 0 Å². The fraction of sp³-hybridized carbons (Fsp3) is 0. The molecule has 0 aliphatic carbocycles. The molecule has 0 bridgehead atoms. The molecule has 10 rings (SSSR count). The maximum absolute atomic E-state index is 5.26. The van der Waals surface area contributed by atoms with Crippen LogP contribution < -0.4 is 0 Å². The van der Waals surface area contributed by atoms with Gasteiger partial charge in [-0.3, -0.25) is 4.40 Å². The van der Waals surface area contributed by atoms with Crippen molar-refractivity contribution in [2.45, 2.75) is 0 Å². The van der Waals surface area contributed by atoms with Gasteiger partial charge >= 0.3 is 0 Å². The summed E-state index contributed by atoms with van der Waals surface area (Å²) >= 11 is 0. The summed E-state index contributed by atoms with van der Waals surface area (Å²) in [4.78, 5) is 20.5. The zero-order valence-electron chi connectivity index (χ0n) is 28.6. The molecule has 7 aromatic carbocycles. The number of hydrogen-bond donors (Lipinski definition) is 0. The Bertz CT molecular complexity index is 2900. The van der Waals surface area contributed by atoms with E-state index in [0.717, 1.165) is 83.5 Å². The van der Waals surface area contributed by atoms with Gasteiger partial charge in [-0.1, -0.05) is 182 Å². The van der Waals surface area contributed by atoms with E-state index in [9.17, 15) is 0 Å². The van der Waals surface area contributed by atoms with Crippen molar-refractivity contribution < 1.29 is 0 Å². The van der Waals surface area contributed by atoms with Gasteiger partial charge in [0.15, 0.2) is 11.6 Å². The molecule has 0 aliphatic heterocycles. The third-order valence-corrected chi connectivity index (χ3v) is 9.84. The Labute approximate surface area is 306 Å². The molecule has 0 atom stereocenters. The van der Waals surface area contributed by atoms with E-state index in [0.29, 0.717) is 11.6 Å². The molecule has 10 aromatic rings. The maximum Gasteiger partial charge on any atom is 0.163 e. The van der Waals surface area contributed by atoms with Crippen molar-refractivity contribution in [3.63, 3.8) is 0 Å². The molecule has 0 amide bonds. The summed E-state index contributed by atoms with van der Waals surface area (Å²) in [6.45, 7) is 0. The van der Waals surface area contributed by atoms with Gasteiger partial charge in [-0.15, -0.1) is 0 Å². The van der Waals surface area contributed by atoms with Crippen LogP contribution in [0.25, 0.3) is 95.1 Å². The second kappa shape index (κ2) is 12.8. The molecule has 248 valence electrons. The minimum Gasteiger partial charge on any atom is -0.277 e. The number of nitrogens with zero attached hydrogens (tertiary/aromatic N) is 5. The minimum atomic E-state index is 0.696. The summed E-state index contributed by atoms with van der Waals surface area (Å²) in [5.41, 5.74) is 11.2. The van der Waals surface area contributed by atoms with E-state index in [1.54, 1.807) is 0 Å². The average molecular weight is 678 g/mol. The SMILES string of the molecule is c1ccc(-c2nc(-c3ccc(-c4ccc(-c5nc(-c6ccccc6)c6ccccc6n5)cc4)cc3)n3c(-c4ccccc4)c4ccccc4c3n2)cc1. The molecule has 5 heteroatoms. The van der Waals surface area contributed by atoms with E-state index in [4.69, 9.17) is 19.9 Å². The van der Waals surface area contributed by atoms with Crippen LogP contribution in [0.5, 0.6) is 0 Å². The molecule has 0 spiro atoms. The number of benzene rings is 7. The molecule has 0 aliphatic rings. The molecule has 0 unspecified atom stereocenters. The first-order valence-electron chi connectivity index (χ1n) is 17.7. The summed E-state index contributed by atoms with van der Waals surface area (Å²) in [5.74, 6) is 2.25. The first kappa shape index (κ1) is 30.6. The lowest BCUT2D eigenvalue weighted by Gasteiger charge is -2.13. The van der Waals surface area contributed by atoms with Crippen LogP contribution in [0.1, 0.15) is 0 Å². The summed E-state index contributed by atoms with van der Waals surface area (Å²) in [6, 6.07) is 64.9. The maximum atomic E-state index is 5.26. The fourth-order valence-corrected chi connectivity index (χ4v) is 7.26. The third kappa shape index (κ3) is 5.43. The van der Waals surface area contributed by atoms with Crippen LogP contribution in [0.15, 0.2) is 188 Å². The molecular formula is C48H31N5. The quantitative estimate of drug-likeness (QED) is 0.176. The highest BCUT2D eigenvalue weighted by atomic mass is 15.1. The number of fused-ring (bicyclic) bond motifs is 4. The molecule has 0 N–H and O–H groups in total. The Morgan fingerprint density at radius 1 is 0.302 bits per heavy atom. The Morgan fingerprint density at radius 2 is 0.774 bits per heavy atom. The number of hydrogen-bond acceptors (Lipinski definition) is 4. The van der Waals surface area contributed by atoms with E-state index < -0.39 is 0 Å². The average Bonchev–Trinajstić information content (AvgIpc) is 3.58. The zero-order chi connectivity index (χ0) is 35.1. The highest BCUT2D eigenvalue weighted by Gasteiger charge is 2.21. The molecule has 5 nitrogen and oxygen atoms in total. The summed E-state index contributed by atoms with van der Waals surface area (Å²) < 4.78 is 2.23. The number of para-hydroxylation sites is 1. The van der Waals surface area contributed by atoms with Crippen LogP contribution >= 0.6 is 0 Å². The monoisotopic (exact) mass is 677 g/mol. The zero-order valence-corrected chi connectivity index (χ0v) is 28.6. The molecular weight excluding hydrogens is 647 g/mol. The summed E-state index contributed by atoms with van der Waals surface area (Å²) in [6.07, 6.45) is 0. The molecule has 53 heavy (non-hydrogen) atoms. The van der Waals surface area contributed by atoms with Crippen molar-refractivity contribution >= 4 is 27.3 Å². The smallest absolute Gasteiger partial charge is 0.163 e. The van der Waals surface area contributed by atoms with Gasteiger partial charge in [-0.2, -0.15) is 0 Å². The van der Waals surface area contributed by atoms with Crippen molar-refractivity contribution in [1.29, 1.82) is 0 Å². The van der Waals surface area contributed by atoms with Crippen molar-refractivity contribution in [3.8, 4) is 67.8 Å². The van der Waals surface area contributed by atoms with Crippen LogP contribution in [-0.2, 0) is 0 Å². The number of rotatable bonds is 6. The van der Waals surface area contributed by atoms with Gasteiger partial charge in [0.05, 0.1) is 16.9 Å². The normalized spacial score (nSPS) is 11.4. The van der Waals surface area contributed by atoms with E-state index in [-0.39, 0.29) is 0 Å². The van der Waals surface area contributed by atoms with Crippen molar-refractivity contribution in [3.05, 3.63) is 188 Å². The van der Waals surface area contributed by atoms with Gasteiger partial charge in [0.2, 0.25) is 0 Å². The van der Waals surface area contributed by atoms with Crippen LogP contribution in [0.4, 0.5) is 0 Å². The van der Waals surface area contributed by atoms with Crippen molar-refractivity contribution in [2.75, 3.05) is 0 Å². The lowest BCUT2D eigenvalue weighted by molar-refractivity contribution is 1.05. The van der Waals surface area contributed by atoms with Crippen LogP contribution in [0, 0.1) is 0 Å². The molecule has 0 fully saturated rings. The highest BCUT2D eigenvalue weighted by Crippen LogP contribution is 2.38. The summed E-state index contributed by atoms with van der Waals surface area (Å²) in [5, 5.41) is 3.28. The summed E-state index contributed by atoms with van der Waals surface area (Å²) in [7, 11) is 0. The van der Waals surface area contributed by atoms with E-state index >= 15 is 0 Å². The second-order valence-corrected chi connectivity index (χ2v) is 13.1. The first-order valence-corrected chi connectivity index (χ1v) is 17.7. The Balaban J connectivity index is 1.07. The predicted octanol–water partition coefficient (Wildman–Crippen LogP) is 11.8. The molecule has 3 heterocycles. The number of aromatic nitrogens is 5. The Morgan fingerprint density at radius 3 is 1.43 bits per heavy atom. The van der Waals surface area contributed by atoms with Crippen LogP contribution in [0.2, 0.25) is 0 Å². The fourth-order valence-electron chi connectivity index (χ4n) is 7.26. The van der Waals surface area contributed by atoms with Gasteiger partial charge in [0.1, 0.15) is 11.5 Å². The highest BCUT2D eigenvalue weighted by molar-refractivity contribution is 6.06. The standard InChI is InChI=1S/C48H31N5/c1-4-14-34(15-5-1)43-41-22-12-13-23-42(41)49-45(50-43)37-28-24-32(25-29-37)33-26-30-38(31-27-33)47-51-46(36-18-8-3-9-19-36)52-48-40-21-11-10-20-39(40)44(53(47)48)35-16-6-2-7-17-35/h1-31H. The predicted molar refractivity (Wildman–Crippen MR) is 216 cm³/mol. The molecule has 0 saturated heterocycles. The van der Waals surface area contributed by atoms with Crippen molar-refractivity contribution in [1.82, 2.24) is 24.3 Å². The Hall–Kier alpha value is -7.24. The molecule has 3 aromatic heterocycles. The third-order valence-electron chi connectivity index (χ3n) is 9.84. The lowest BCUT2D eigenvalue weighted by Crippen LogP contribution is -2.03. The lowest BCUT2D eigenvalue weighted by atomic mass is 10.0. The van der Waals surface area contributed by atoms with Gasteiger partial charge < -0.3 is 0 Å². The van der Waals surface area contributed by atoms with E-state index in [1.165, 1.54) is 0 Å². The van der Waals surface area contributed by atoms with Gasteiger partial charge in [-0.05, 0) is 22.8 Å². The largest absolute Gasteiger partial charge is 0.277 e. The van der Waals surface area contributed by atoms with Crippen LogP contribution in [0.3, 0.4) is 0 Å².